The Morgan fingerprint density at radius 2 is 2.19 bits per heavy atom. The Morgan fingerprint density at radius 3 is 2.62 bits per heavy atom. The van der Waals surface area contributed by atoms with Crippen molar-refractivity contribution in [1.82, 2.24) is 20.1 Å². The van der Waals surface area contributed by atoms with Gasteiger partial charge in [0, 0.05) is 33.1 Å². The number of nitrogens with zero attached hydrogens (tertiary/aromatic N) is 4. The minimum absolute atomic E-state index is 0.0129. The van der Waals surface area contributed by atoms with E-state index in [1.54, 1.807) is 0 Å². The van der Waals surface area contributed by atoms with Crippen LogP contribution < -0.4 is 5.32 Å². The fraction of sp³-hybridized carbons (Fsp3) is 0.750. The summed E-state index contributed by atoms with van der Waals surface area (Å²) in [5.41, 5.74) is 0.0129. The number of hydrogen-bond donors (Lipinski definition) is 1. The average molecular weight is 292 g/mol. The third-order valence-corrected chi connectivity index (χ3v) is 2.34. The molecule has 1 rings (SSSR count). The maximum Gasteiger partial charge on any atom is 0.492 e. The highest BCUT2D eigenvalue weighted by atomic mass is 79.9. The molecule has 90 valence electrons. The molecule has 16 heavy (non-hydrogen) atoms. The SMILES string of the molecule is CC(C)(C)NCCn1nc([N+](=O)[O-])nc1Br. The zero-order valence-electron chi connectivity index (χ0n) is 9.40. The molecule has 0 bridgehead atoms. The lowest BCUT2D eigenvalue weighted by Crippen LogP contribution is -2.38. The van der Waals surface area contributed by atoms with Crippen molar-refractivity contribution in [3.63, 3.8) is 0 Å². The monoisotopic (exact) mass is 291 g/mol. The Kier molecular flexibility index (Phi) is 3.98. The molecule has 0 aliphatic heterocycles. The molecule has 0 fully saturated rings. The largest absolute Gasteiger partial charge is 0.492 e. The van der Waals surface area contributed by atoms with Crippen LogP contribution in [0.2, 0.25) is 0 Å². The molecule has 0 unspecified atom stereocenters. The number of rotatable bonds is 4. The van der Waals surface area contributed by atoms with Gasteiger partial charge in [-0.1, -0.05) is 0 Å². The highest BCUT2D eigenvalue weighted by Crippen LogP contribution is 2.11. The van der Waals surface area contributed by atoms with Gasteiger partial charge in [0.05, 0.1) is 6.54 Å². The molecular formula is C8H14BrN5O2. The van der Waals surface area contributed by atoms with Crippen molar-refractivity contribution in [1.29, 1.82) is 0 Å². The van der Waals surface area contributed by atoms with Crippen LogP contribution in [0, 0.1) is 10.1 Å². The van der Waals surface area contributed by atoms with Crippen LogP contribution in [0.15, 0.2) is 4.73 Å². The first-order valence-corrected chi connectivity index (χ1v) is 5.58. The van der Waals surface area contributed by atoms with E-state index in [0.29, 0.717) is 17.8 Å². The summed E-state index contributed by atoms with van der Waals surface area (Å²) in [6, 6.07) is 0. The zero-order chi connectivity index (χ0) is 12.3. The molecule has 1 aromatic heterocycles. The van der Waals surface area contributed by atoms with Crippen molar-refractivity contribution < 1.29 is 4.92 Å². The van der Waals surface area contributed by atoms with Crippen LogP contribution in [-0.2, 0) is 6.54 Å². The van der Waals surface area contributed by atoms with Gasteiger partial charge in [0.15, 0.2) is 0 Å². The van der Waals surface area contributed by atoms with Crippen molar-refractivity contribution in [3.05, 3.63) is 14.8 Å². The smallest absolute Gasteiger partial charge is 0.390 e. The number of nitro groups is 1. The van der Waals surface area contributed by atoms with Crippen molar-refractivity contribution >= 4 is 21.9 Å². The first-order valence-electron chi connectivity index (χ1n) is 4.79. The van der Waals surface area contributed by atoms with Gasteiger partial charge in [-0.2, -0.15) is 4.68 Å². The van der Waals surface area contributed by atoms with Crippen LogP contribution in [0.1, 0.15) is 20.8 Å². The molecule has 0 aromatic carbocycles. The lowest BCUT2D eigenvalue weighted by Gasteiger charge is -2.19. The van der Waals surface area contributed by atoms with Gasteiger partial charge in [-0.05, 0) is 30.7 Å². The molecule has 0 aliphatic carbocycles. The molecule has 0 spiro atoms. The fourth-order valence-corrected chi connectivity index (χ4v) is 1.48. The molecule has 0 saturated heterocycles. The van der Waals surface area contributed by atoms with Gasteiger partial charge in [-0.15, -0.1) is 0 Å². The highest BCUT2D eigenvalue weighted by Gasteiger charge is 2.19. The number of aromatic nitrogens is 3. The first kappa shape index (κ1) is 13.0. The van der Waals surface area contributed by atoms with Gasteiger partial charge in [0.1, 0.15) is 0 Å². The molecule has 0 radical (unpaired) electrons. The summed E-state index contributed by atoms with van der Waals surface area (Å²) in [5, 5.41) is 17.4. The quantitative estimate of drug-likeness (QED) is 0.668. The van der Waals surface area contributed by atoms with Crippen LogP contribution >= 0.6 is 15.9 Å². The third kappa shape index (κ3) is 3.86. The topological polar surface area (TPSA) is 85.9 Å². The van der Waals surface area contributed by atoms with Gasteiger partial charge in [-0.3, -0.25) is 0 Å². The molecule has 1 heterocycles. The molecule has 0 atom stereocenters. The normalized spacial score (nSPS) is 11.8. The Hall–Kier alpha value is -1.02. The first-order chi connectivity index (χ1) is 7.29. The van der Waals surface area contributed by atoms with E-state index >= 15 is 0 Å². The molecule has 0 amide bonds. The minimum Gasteiger partial charge on any atom is -0.390 e. The predicted octanol–water partition coefficient (Wildman–Crippen LogP) is 1.34. The molecule has 1 aromatic rings. The lowest BCUT2D eigenvalue weighted by atomic mass is 10.1. The Balaban J connectivity index is 2.58. The summed E-state index contributed by atoms with van der Waals surface area (Å²) in [5.74, 6) is -0.386. The van der Waals surface area contributed by atoms with Gasteiger partial charge in [-0.25, -0.2) is 0 Å². The molecule has 0 aliphatic rings. The Morgan fingerprint density at radius 1 is 1.56 bits per heavy atom. The highest BCUT2D eigenvalue weighted by molar-refractivity contribution is 9.10. The van der Waals surface area contributed by atoms with Gasteiger partial charge in [0.25, 0.3) is 4.73 Å². The van der Waals surface area contributed by atoms with E-state index in [4.69, 9.17) is 0 Å². The van der Waals surface area contributed by atoms with Crippen LogP contribution in [0.5, 0.6) is 0 Å². The summed E-state index contributed by atoms with van der Waals surface area (Å²) in [6.45, 7) is 7.34. The number of halogens is 1. The average Bonchev–Trinajstić information content (AvgIpc) is 2.46. The standard InChI is InChI=1S/C8H14BrN5O2/c1-8(2,3)10-4-5-13-6(9)11-7(12-13)14(15)16/h10H,4-5H2,1-3H3. The molecular weight excluding hydrogens is 278 g/mol. The Labute approximate surface area is 102 Å². The van der Waals surface area contributed by atoms with Crippen molar-refractivity contribution in [2.24, 2.45) is 0 Å². The van der Waals surface area contributed by atoms with E-state index in [9.17, 15) is 10.1 Å². The second kappa shape index (κ2) is 4.88. The van der Waals surface area contributed by atoms with Crippen LogP contribution in [0.25, 0.3) is 0 Å². The lowest BCUT2D eigenvalue weighted by molar-refractivity contribution is -0.394. The van der Waals surface area contributed by atoms with Gasteiger partial charge >= 0.3 is 5.95 Å². The van der Waals surface area contributed by atoms with E-state index in [-0.39, 0.29) is 11.5 Å². The van der Waals surface area contributed by atoms with Gasteiger partial charge < -0.3 is 15.4 Å². The zero-order valence-corrected chi connectivity index (χ0v) is 11.0. The molecule has 7 nitrogen and oxygen atoms in total. The van der Waals surface area contributed by atoms with Crippen LogP contribution in [-0.4, -0.2) is 31.8 Å². The van der Waals surface area contributed by atoms with E-state index in [0.717, 1.165) is 0 Å². The summed E-state index contributed by atoms with van der Waals surface area (Å²) < 4.78 is 1.83. The van der Waals surface area contributed by atoms with E-state index in [1.165, 1.54) is 4.68 Å². The third-order valence-electron chi connectivity index (χ3n) is 1.76. The van der Waals surface area contributed by atoms with Crippen molar-refractivity contribution in [2.45, 2.75) is 32.9 Å². The van der Waals surface area contributed by atoms with Crippen molar-refractivity contribution in [3.8, 4) is 0 Å². The second-order valence-corrected chi connectivity index (χ2v) is 5.05. The van der Waals surface area contributed by atoms with Crippen molar-refractivity contribution in [2.75, 3.05) is 6.54 Å². The summed E-state index contributed by atoms with van der Waals surface area (Å²) in [7, 11) is 0. The molecule has 8 heteroatoms. The van der Waals surface area contributed by atoms with E-state index in [1.807, 2.05) is 20.8 Å². The second-order valence-electron chi connectivity index (χ2n) is 4.34. The minimum atomic E-state index is -0.613. The van der Waals surface area contributed by atoms with E-state index in [2.05, 4.69) is 31.3 Å². The maximum absolute atomic E-state index is 10.4. The van der Waals surface area contributed by atoms with E-state index < -0.39 is 4.92 Å². The molecule has 1 N–H and O–H groups in total. The maximum atomic E-state index is 10.4. The van der Waals surface area contributed by atoms with Crippen LogP contribution in [0.4, 0.5) is 5.95 Å². The van der Waals surface area contributed by atoms with Crippen LogP contribution in [0.3, 0.4) is 0 Å². The van der Waals surface area contributed by atoms with Gasteiger partial charge in [0.2, 0.25) is 0 Å². The Bertz CT molecular complexity index is 384. The predicted molar refractivity (Wildman–Crippen MR) is 62.1 cm³/mol. The summed E-state index contributed by atoms with van der Waals surface area (Å²) in [4.78, 5) is 13.5. The fourth-order valence-electron chi connectivity index (χ4n) is 1.07. The summed E-state index contributed by atoms with van der Waals surface area (Å²) >= 11 is 3.12. The summed E-state index contributed by atoms with van der Waals surface area (Å²) in [6.07, 6.45) is 0. The number of hydrogen-bond acceptors (Lipinski definition) is 5. The molecule has 0 saturated carbocycles. The number of nitrogens with one attached hydrogen (secondary N) is 1.